The fraction of sp³-hybridized carbons (Fsp3) is 0.267. The van der Waals surface area contributed by atoms with E-state index in [1.807, 2.05) is 0 Å². The van der Waals surface area contributed by atoms with Crippen molar-refractivity contribution in [3.8, 4) is 17.6 Å². The number of rotatable bonds is 4. The molecule has 2 amide bonds. The van der Waals surface area contributed by atoms with E-state index in [1.54, 1.807) is 37.4 Å². The van der Waals surface area contributed by atoms with Crippen LogP contribution < -0.4 is 15.0 Å². The van der Waals surface area contributed by atoms with Crippen LogP contribution in [0.15, 0.2) is 69.6 Å². The topological polar surface area (TPSA) is 58.6 Å². The standard InChI is InChI=1S/C22H18BrF3N2O2.C7H4BrFO.CH4/c1-30-17-7-4-15(5-8-17)13-28-19-12-16(23)6-9-18(19)21(22(24,25)26,27-20(28)29)11-10-14-2-3-14;8-6-2-1-5(4-10)7(9)3-6;/h4-9,12,14H,2-3,13H2,1H3,(H,27,29);1-4H;1H4. The van der Waals surface area contributed by atoms with Crippen molar-refractivity contribution < 1.29 is 31.9 Å². The zero-order valence-electron chi connectivity index (χ0n) is 21.0. The van der Waals surface area contributed by atoms with E-state index in [9.17, 15) is 27.2 Å². The largest absolute Gasteiger partial charge is 0.497 e. The van der Waals surface area contributed by atoms with Crippen LogP contribution in [0.3, 0.4) is 0 Å². The number of halogens is 6. The number of hydrogen-bond donors (Lipinski definition) is 1. The van der Waals surface area contributed by atoms with Crippen molar-refractivity contribution in [1.29, 1.82) is 0 Å². The quantitative estimate of drug-likeness (QED) is 0.169. The van der Waals surface area contributed by atoms with E-state index < -0.39 is 23.6 Å². The third-order valence-electron chi connectivity index (χ3n) is 6.25. The minimum absolute atomic E-state index is 0. The molecule has 1 saturated carbocycles. The Morgan fingerprint density at radius 3 is 2.27 bits per heavy atom. The summed E-state index contributed by atoms with van der Waals surface area (Å²) in [6, 6.07) is 14.9. The molecule has 1 heterocycles. The molecule has 5 nitrogen and oxygen atoms in total. The zero-order valence-corrected chi connectivity index (χ0v) is 24.2. The molecule has 5 rings (SSSR count). The van der Waals surface area contributed by atoms with Gasteiger partial charge in [0.15, 0.2) is 6.29 Å². The van der Waals surface area contributed by atoms with Gasteiger partial charge >= 0.3 is 12.2 Å². The molecule has 1 fully saturated rings. The van der Waals surface area contributed by atoms with Crippen molar-refractivity contribution in [3.05, 3.63) is 92.1 Å². The summed E-state index contributed by atoms with van der Waals surface area (Å²) in [5.41, 5.74) is -1.81. The number of methoxy groups -OCH3 is 1. The van der Waals surface area contributed by atoms with Gasteiger partial charge in [0.2, 0.25) is 5.54 Å². The third kappa shape index (κ3) is 7.29. The monoisotopic (exact) mass is 696 g/mol. The number of urea groups is 1. The van der Waals surface area contributed by atoms with Gasteiger partial charge in [-0.1, -0.05) is 69.3 Å². The minimum atomic E-state index is -4.78. The summed E-state index contributed by atoms with van der Waals surface area (Å²) in [5.74, 6) is 5.18. The van der Waals surface area contributed by atoms with E-state index in [0.29, 0.717) is 21.0 Å². The molecule has 216 valence electrons. The molecule has 0 aromatic heterocycles. The van der Waals surface area contributed by atoms with Crippen LogP contribution in [-0.2, 0) is 12.1 Å². The van der Waals surface area contributed by atoms with Crippen LogP contribution in [-0.4, -0.2) is 25.6 Å². The van der Waals surface area contributed by atoms with Gasteiger partial charge in [0.1, 0.15) is 11.6 Å². The lowest BCUT2D eigenvalue weighted by Gasteiger charge is -2.41. The number of nitrogens with one attached hydrogen (secondary N) is 1. The Morgan fingerprint density at radius 1 is 1.07 bits per heavy atom. The number of carbonyl (C=O) groups excluding carboxylic acids is 2. The SMILES string of the molecule is C.COc1ccc(CN2C(=O)NC(C#CC3CC3)(C(F)(F)F)c3ccc(Br)cc32)cc1.O=Cc1ccc(Br)cc1F. The number of hydrogen-bond acceptors (Lipinski definition) is 3. The van der Waals surface area contributed by atoms with Crippen molar-refractivity contribution in [1.82, 2.24) is 5.32 Å². The molecule has 0 spiro atoms. The Morgan fingerprint density at radius 2 is 1.71 bits per heavy atom. The normalized spacial score (nSPS) is 17.4. The van der Waals surface area contributed by atoms with Crippen LogP contribution in [0.25, 0.3) is 0 Å². The van der Waals surface area contributed by atoms with Crippen LogP contribution in [0, 0.1) is 23.6 Å². The maximum Gasteiger partial charge on any atom is 0.427 e. The number of carbonyl (C=O) groups is 2. The molecule has 1 aliphatic heterocycles. The van der Waals surface area contributed by atoms with Gasteiger partial charge in [-0.15, -0.1) is 0 Å². The van der Waals surface area contributed by atoms with Crippen LogP contribution in [0.2, 0.25) is 0 Å². The number of alkyl halides is 3. The molecule has 41 heavy (non-hydrogen) atoms. The van der Waals surface area contributed by atoms with Crippen LogP contribution in [0.1, 0.15) is 41.8 Å². The van der Waals surface area contributed by atoms with E-state index in [0.717, 1.165) is 18.4 Å². The Balaban J connectivity index is 0.000000357. The first-order chi connectivity index (χ1) is 19.0. The molecule has 0 saturated heterocycles. The molecular weight excluding hydrogens is 672 g/mol. The highest BCUT2D eigenvalue weighted by atomic mass is 79.9. The molecule has 3 aromatic carbocycles. The Hall–Kier alpha value is -3.36. The number of fused-ring (bicyclic) bond motifs is 1. The Kier molecular flexibility index (Phi) is 10.3. The first-order valence-corrected chi connectivity index (χ1v) is 13.6. The fourth-order valence-electron chi connectivity index (χ4n) is 3.95. The van der Waals surface area contributed by atoms with Gasteiger partial charge in [0, 0.05) is 20.4 Å². The van der Waals surface area contributed by atoms with E-state index in [1.165, 1.54) is 35.2 Å². The number of anilines is 1. The summed E-state index contributed by atoms with van der Waals surface area (Å²) in [4.78, 5) is 24.3. The molecule has 0 radical (unpaired) electrons. The molecule has 1 unspecified atom stereocenters. The molecule has 2 aliphatic rings. The smallest absolute Gasteiger partial charge is 0.427 e. The highest BCUT2D eigenvalue weighted by Gasteiger charge is 2.60. The van der Waals surface area contributed by atoms with Crippen LogP contribution >= 0.6 is 31.9 Å². The average Bonchev–Trinajstić information content (AvgIpc) is 3.74. The highest BCUT2D eigenvalue weighted by Crippen LogP contribution is 2.47. The van der Waals surface area contributed by atoms with Gasteiger partial charge in [-0.3, -0.25) is 9.69 Å². The summed E-state index contributed by atoms with van der Waals surface area (Å²) in [6.07, 6.45) is -2.72. The average molecular weight is 698 g/mol. The lowest BCUT2D eigenvalue weighted by atomic mass is 9.85. The summed E-state index contributed by atoms with van der Waals surface area (Å²) in [5, 5.41) is 2.17. The van der Waals surface area contributed by atoms with Gasteiger partial charge in [0.25, 0.3) is 0 Å². The minimum Gasteiger partial charge on any atom is -0.497 e. The van der Waals surface area contributed by atoms with Crippen molar-refractivity contribution in [2.75, 3.05) is 12.0 Å². The zero-order chi connectivity index (χ0) is 29.1. The number of benzene rings is 3. The molecule has 1 N–H and O–H groups in total. The van der Waals surface area contributed by atoms with E-state index in [4.69, 9.17) is 4.74 Å². The first kappa shape index (κ1) is 32.2. The molecule has 1 atom stereocenters. The van der Waals surface area contributed by atoms with Gasteiger partial charge in [0.05, 0.1) is 24.9 Å². The highest BCUT2D eigenvalue weighted by molar-refractivity contribution is 9.10. The summed E-state index contributed by atoms with van der Waals surface area (Å²) in [6.45, 7) is 0.100. The third-order valence-corrected chi connectivity index (χ3v) is 7.24. The molecule has 1 aliphatic carbocycles. The second-order valence-electron chi connectivity index (χ2n) is 9.10. The number of ether oxygens (including phenoxy) is 1. The number of nitrogens with zero attached hydrogens (tertiary/aromatic N) is 1. The van der Waals surface area contributed by atoms with Crippen LogP contribution in [0.5, 0.6) is 5.75 Å². The summed E-state index contributed by atoms with van der Waals surface area (Å²) >= 11 is 6.38. The fourth-order valence-corrected chi connectivity index (χ4v) is 4.63. The summed E-state index contributed by atoms with van der Waals surface area (Å²) in [7, 11) is 1.54. The predicted octanol–water partition coefficient (Wildman–Crippen LogP) is 8.40. The molecule has 3 aromatic rings. The van der Waals surface area contributed by atoms with E-state index in [2.05, 4.69) is 49.0 Å². The first-order valence-electron chi connectivity index (χ1n) is 12.0. The second kappa shape index (κ2) is 13.1. The Bertz CT molecular complexity index is 1480. The number of aldehydes is 1. The maximum absolute atomic E-state index is 14.3. The van der Waals surface area contributed by atoms with Crippen molar-refractivity contribution in [3.63, 3.8) is 0 Å². The summed E-state index contributed by atoms with van der Waals surface area (Å²) < 4.78 is 61.8. The van der Waals surface area contributed by atoms with Crippen molar-refractivity contribution in [2.45, 2.75) is 38.5 Å². The van der Waals surface area contributed by atoms with Gasteiger partial charge in [-0.25, -0.2) is 9.18 Å². The molecule has 0 bridgehead atoms. The van der Waals surface area contributed by atoms with Gasteiger partial charge in [-0.05, 0) is 60.9 Å². The van der Waals surface area contributed by atoms with E-state index in [-0.39, 0.29) is 36.7 Å². The second-order valence-corrected chi connectivity index (χ2v) is 10.9. The van der Waals surface area contributed by atoms with E-state index >= 15 is 0 Å². The number of amides is 2. The molecule has 11 heteroatoms. The van der Waals surface area contributed by atoms with Crippen molar-refractivity contribution >= 4 is 49.9 Å². The van der Waals surface area contributed by atoms with Crippen molar-refractivity contribution in [2.24, 2.45) is 5.92 Å². The lowest BCUT2D eigenvalue weighted by molar-refractivity contribution is -0.179. The van der Waals surface area contributed by atoms with Gasteiger partial charge < -0.3 is 10.1 Å². The van der Waals surface area contributed by atoms with Crippen LogP contribution in [0.4, 0.5) is 28.0 Å². The van der Waals surface area contributed by atoms with Gasteiger partial charge in [-0.2, -0.15) is 13.2 Å². The molecular formula is C30H26Br2F4N2O3. The predicted molar refractivity (Wildman–Crippen MR) is 156 cm³/mol. The Labute approximate surface area is 252 Å². The maximum atomic E-state index is 14.3. The lowest BCUT2D eigenvalue weighted by Crippen LogP contribution is -2.62.